The summed E-state index contributed by atoms with van der Waals surface area (Å²) >= 11 is 1.68. The third kappa shape index (κ3) is 1.94. The Morgan fingerprint density at radius 3 is 3.00 bits per heavy atom. The quantitative estimate of drug-likeness (QED) is 0.436. The number of thioether (sulfide) groups is 1. The Labute approximate surface area is 92.0 Å². The molecule has 0 amide bonds. The molecule has 2 nitrogen and oxygen atoms in total. The smallest absolute Gasteiger partial charge is 0.211 e. The van der Waals surface area contributed by atoms with E-state index in [0.29, 0.717) is 5.69 Å². The van der Waals surface area contributed by atoms with E-state index in [1.165, 1.54) is 4.90 Å². The summed E-state index contributed by atoms with van der Waals surface area (Å²) in [4.78, 5) is 15.0. The molecule has 2 aromatic carbocycles. The Morgan fingerprint density at radius 1 is 1.40 bits per heavy atom. The molecule has 0 aliphatic rings. The summed E-state index contributed by atoms with van der Waals surface area (Å²) in [5.74, 6) is 0. The van der Waals surface area contributed by atoms with Gasteiger partial charge in [0, 0.05) is 16.3 Å². The van der Waals surface area contributed by atoms with Crippen molar-refractivity contribution in [2.45, 2.75) is 4.90 Å². The van der Waals surface area contributed by atoms with Crippen molar-refractivity contribution in [3.8, 4) is 0 Å². The van der Waals surface area contributed by atoms with Gasteiger partial charge in [-0.2, -0.15) is 4.99 Å². The predicted molar refractivity (Wildman–Crippen MR) is 62.3 cm³/mol. The van der Waals surface area contributed by atoms with E-state index in [0.717, 1.165) is 10.8 Å². The van der Waals surface area contributed by atoms with Gasteiger partial charge in [-0.05, 0) is 23.8 Å². The summed E-state index contributed by atoms with van der Waals surface area (Å²) < 4.78 is 0. The van der Waals surface area contributed by atoms with Crippen LogP contribution in [0.15, 0.2) is 40.2 Å². The highest BCUT2D eigenvalue weighted by molar-refractivity contribution is 7.98. The maximum Gasteiger partial charge on any atom is 0.240 e. The molecule has 0 spiro atoms. The van der Waals surface area contributed by atoms with Crippen molar-refractivity contribution in [3.63, 3.8) is 0 Å². The number of rotatable bonds is 2. The van der Waals surface area contributed by atoms with Crippen molar-refractivity contribution in [3.05, 3.63) is 36.4 Å². The van der Waals surface area contributed by atoms with Crippen LogP contribution >= 0.6 is 11.8 Å². The minimum absolute atomic E-state index is 0.551. The fourth-order valence-electron chi connectivity index (χ4n) is 1.45. The first-order valence-corrected chi connectivity index (χ1v) is 5.64. The molecule has 0 saturated heterocycles. The zero-order chi connectivity index (χ0) is 10.7. The minimum Gasteiger partial charge on any atom is -0.211 e. The highest BCUT2D eigenvalue weighted by Crippen LogP contribution is 2.28. The Bertz CT molecular complexity index is 544. The van der Waals surface area contributed by atoms with Crippen LogP contribution in [0.2, 0.25) is 0 Å². The molecule has 0 fully saturated rings. The maximum atomic E-state index is 10.2. The van der Waals surface area contributed by atoms with Crippen LogP contribution in [0.3, 0.4) is 0 Å². The van der Waals surface area contributed by atoms with Crippen molar-refractivity contribution < 1.29 is 4.79 Å². The third-order valence-corrected chi connectivity index (χ3v) is 2.88. The van der Waals surface area contributed by atoms with Gasteiger partial charge >= 0.3 is 0 Å². The van der Waals surface area contributed by atoms with Gasteiger partial charge in [0.05, 0.1) is 5.69 Å². The number of benzene rings is 2. The van der Waals surface area contributed by atoms with Gasteiger partial charge in [0.15, 0.2) is 0 Å². The highest BCUT2D eigenvalue weighted by atomic mass is 32.2. The fraction of sp³-hybridized carbons (Fsp3) is 0.0833. The van der Waals surface area contributed by atoms with Gasteiger partial charge in [-0.3, -0.25) is 0 Å². The summed E-state index contributed by atoms with van der Waals surface area (Å²) in [6, 6.07) is 12.7. The Kier molecular flexibility index (Phi) is 2.86. The van der Waals surface area contributed by atoms with Crippen LogP contribution in [-0.4, -0.2) is 12.3 Å². The SMILES string of the molecule is CSc1ccc2c(N=C=O)[c]ccc2c1. The van der Waals surface area contributed by atoms with Crippen molar-refractivity contribution in [1.29, 1.82) is 0 Å². The topological polar surface area (TPSA) is 29.4 Å². The van der Waals surface area contributed by atoms with Crippen LogP contribution in [-0.2, 0) is 4.79 Å². The van der Waals surface area contributed by atoms with E-state index in [2.05, 4.69) is 17.1 Å². The Balaban J connectivity index is 2.71. The Hall–Kier alpha value is -1.57. The van der Waals surface area contributed by atoms with Gasteiger partial charge in [0.2, 0.25) is 6.08 Å². The van der Waals surface area contributed by atoms with E-state index < -0.39 is 0 Å². The Morgan fingerprint density at radius 2 is 2.27 bits per heavy atom. The van der Waals surface area contributed by atoms with Crippen LogP contribution in [0.1, 0.15) is 0 Å². The third-order valence-electron chi connectivity index (χ3n) is 2.15. The monoisotopic (exact) mass is 214 g/mol. The van der Waals surface area contributed by atoms with E-state index in [1.807, 2.05) is 24.5 Å². The number of hydrogen-bond donors (Lipinski definition) is 0. The first-order valence-electron chi connectivity index (χ1n) is 4.41. The second-order valence-electron chi connectivity index (χ2n) is 2.98. The second-order valence-corrected chi connectivity index (χ2v) is 3.86. The van der Waals surface area contributed by atoms with Crippen LogP contribution in [0.25, 0.3) is 10.8 Å². The highest BCUT2D eigenvalue weighted by Gasteiger charge is 2.00. The largest absolute Gasteiger partial charge is 0.240 e. The van der Waals surface area contributed by atoms with Crippen molar-refractivity contribution in [2.75, 3.05) is 6.26 Å². The molecule has 2 aromatic rings. The van der Waals surface area contributed by atoms with Gasteiger partial charge in [-0.25, -0.2) is 4.79 Å². The summed E-state index contributed by atoms with van der Waals surface area (Å²) in [6.45, 7) is 0. The number of aliphatic imine (C=N–C) groups is 1. The lowest BCUT2D eigenvalue weighted by Gasteiger charge is -2.02. The molecule has 73 valence electrons. The molecule has 0 N–H and O–H groups in total. The van der Waals surface area contributed by atoms with Crippen LogP contribution in [0.5, 0.6) is 0 Å². The standard InChI is InChI=1S/C12H8NOS/c1-15-10-5-6-11-9(7-10)3-2-4-12(11)13-8-14/h2-3,5-7H,1H3. The molecule has 0 aromatic heterocycles. The second kappa shape index (κ2) is 4.30. The van der Waals surface area contributed by atoms with Crippen molar-refractivity contribution >= 4 is 34.3 Å². The molecule has 0 unspecified atom stereocenters. The summed E-state index contributed by atoms with van der Waals surface area (Å²) in [5.41, 5.74) is 0.551. The first kappa shape index (κ1) is 9.97. The molecule has 1 radical (unpaired) electrons. The van der Waals surface area contributed by atoms with E-state index in [9.17, 15) is 4.79 Å². The van der Waals surface area contributed by atoms with Crippen LogP contribution < -0.4 is 0 Å². The van der Waals surface area contributed by atoms with Crippen LogP contribution in [0.4, 0.5) is 5.69 Å². The molecule has 15 heavy (non-hydrogen) atoms. The molecule has 0 saturated carbocycles. The lowest BCUT2D eigenvalue weighted by atomic mass is 10.1. The van der Waals surface area contributed by atoms with E-state index in [1.54, 1.807) is 23.9 Å². The molecule has 0 heterocycles. The number of isocyanates is 1. The average Bonchev–Trinajstić information content (AvgIpc) is 2.29. The number of fused-ring (bicyclic) bond motifs is 1. The first-order chi connectivity index (χ1) is 7.35. The number of carbonyl (C=O) groups excluding carboxylic acids is 1. The van der Waals surface area contributed by atoms with E-state index in [-0.39, 0.29) is 0 Å². The fourth-order valence-corrected chi connectivity index (χ4v) is 1.90. The predicted octanol–water partition coefficient (Wildman–Crippen LogP) is 3.33. The van der Waals surface area contributed by atoms with Gasteiger partial charge in [0.25, 0.3) is 0 Å². The lowest BCUT2D eigenvalue weighted by Crippen LogP contribution is -1.76. The molecule has 0 bridgehead atoms. The lowest BCUT2D eigenvalue weighted by molar-refractivity contribution is 0.565. The molecule has 0 aliphatic heterocycles. The minimum atomic E-state index is 0.551. The maximum absolute atomic E-state index is 10.2. The average molecular weight is 214 g/mol. The van der Waals surface area contributed by atoms with E-state index in [4.69, 9.17) is 0 Å². The van der Waals surface area contributed by atoms with Gasteiger partial charge in [-0.1, -0.05) is 18.2 Å². The summed E-state index contributed by atoms with van der Waals surface area (Å²) in [6.07, 6.45) is 3.57. The van der Waals surface area contributed by atoms with E-state index >= 15 is 0 Å². The van der Waals surface area contributed by atoms with Gasteiger partial charge in [-0.15, -0.1) is 11.8 Å². The number of hydrogen-bond acceptors (Lipinski definition) is 3. The molecule has 0 aliphatic carbocycles. The molecular weight excluding hydrogens is 206 g/mol. The molecule has 2 rings (SSSR count). The van der Waals surface area contributed by atoms with Gasteiger partial charge in [0.1, 0.15) is 0 Å². The van der Waals surface area contributed by atoms with Crippen molar-refractivity contribution in [1.82, 2.24) is 0 Å². The van der Waals surface area contributed by atoms with Gasteiger partial charge < -0.3 is 0 Å². The number of nitrogens with zero attached hydrogens (tertiary/aromatic N) is 1. The molecular formula is C12H8NOS. The molecule has 3 heteroatoms. The summed E-state index contributed by atoms with van der Waals surface area (Å²) in [5, 5.41) is 1.99. The zero-order valence-corrected chi connectivity index (χ0v) is 8.97. The molecule has 0 atom stereocenters. The normalized spacial score (nSPS) is 9.93. The zero-order valence-electron chi connectivity index (χ0n) is 8.15. The summed E-state index contributed by atoms with van der Waals surface area (Å²) in [7, 11) is 0. The van der Waals surface area contributed by atoms with Crippen LogP contribution in [0, 0.1) is 6.07 Å². The van der Waals surface area contributed by atoms with Crippen molar-refractivity contribution in [2.24, 2.45) is 4.99 Å².